The number of nitrogens with zero attached hydrogens (tertiary/aromatic N) is 1. The lowest BCUT2D eigenvalue weighted by atomic mass is 10.1. The fourth-order valence-electron chi connectivity index (χ4n) is 2.73. The van der Waals surface area contributed by atoms with Gasteiger partial charge in [0.1, 0.15) is 0 Å². The minimum atomic E-state index is -0.915. The number of rotatable bonds is 3. The first kappa shape index (κ1) is 14.9. The predicted octanol–water partition coefficient (Wildman–Crippen LogP) is 5.00. The van der Waals surface area contributed by atoms with E-state index in [0.717, 1.165) is 22.2 Å². The normalized spacial score (nSPS) is 11.0. The molecule has 1 aromatic heterocycles. The molecule has 0 aliphatic rings. The Morgan fingerprint density at radius 1 is 1.14 bits per heavy atom. The maximum atomic E-state index is 11.5. The molecule has 0 fully saturated rings. The minimum Gasteiger partial charge on any atom is -0.478 e. The van der Waals surface area contributed by atoms with Gasteiger partial charge in [0.25, 0.3) is 0 Å². The third kappa shape index (κ3) is 2.47. The molecule has 3 aromatic rings. The van der Waals surface area contributed by atoms with Gasteiger partial charge >= 0.3 is 5.97 Å². The molecule has 1 heterocycles. The van der Waals surface area contributed by atoms with Crippen LogP contribution in [0.3, 0.4) is 0 Å². The van der Waals surface area contributed by atoms with Crippen molar-refractivity contribution in [2.24, 2.45) is 0 Å². The number of para-hydroxylation sites is 1. The van der Waals surface area contributed by atoms with E-state index in [1.807, 2.05) is 41.8 Å². The Labute approximate surface area is 137 Å². The third-order valence-electron chi connectivity index (χ3n) is 3.77. The van der Waals surface area contributed by atoms with Gasteiger partial charge in [-0.1, -0.05) is 47.5 Å². The van der Waals surface area contributed by atoms with Crippen LogP contribution in [0.15, 0.2) is 42.5 Å². The summed E-state index contributed by atoms with van der Waals surface area (Å²) in [5.41, 5.74) is 2.93. The zero-order valence-corrected chi connectivity index (χ0v) is 13.3. The molecule has 0 aliphatic heterocycles. The van der Waals surface area contributed by atoms with Crippen LogP contribution in [-0.2, 0) is 6.54 Å². The molecule has 5 heteroatoms. The maximum absolute atomic E-state index is 11.5. The van der Waals surface area contributed by atoms with E-state index in [2.05, 4.69) is 0 Å². The molecule has 0 atom stereocenters. The standard InChI is InChI=1S/C17H13Cl2NO2/c1-10-16(17(21)22)12-4-2-3-5-15(12)20(10)9-11-6-7-13(18)14(19)8-11/h2-8H,9H2,1H3,(H,21,22). The smallest absolute Gasteiger partial charge is 0.338 e. The Kier molecular flexibility index (Phi) is 3.85. The average Bonchev–Trinajstić information content (AvgIpc) is 2.76. The summed E-state index contributed by atoms with van der Waals surface area (Å²) in [6.45, 7) is 2.36. The van der Waals surface area contributed by atoms with Crippen LogP contribution >= 0.6 is 23.2 Å². The van der Waals surface area contributed by atoms with Gasteiger partial charge in [-0.2, -0.15) is 0 Å². The van der Waals surface area contributed by atoms with E-state index in [4.69, 9.17) is 23.2 Å². The Morgan fingerprint density at radius 2 is 1.86 bits per heavy atom. The van der Waals surface area contributed by atoms with E-state index in [9.17, 15) is 9.90 Å². The molecule has 0 radical (unpaired) electrons. The molecule has 0 spiro atoms. The third-order valence-corrected chi connectivity index (χ3v) is 4.51. The highest BCUT2D eigenvalue weighted by Gasteiger charge is 2.19. The Balaban J connectivity index is 2.16. The summed E-state index contributed by atoms with van der Waals surface area (Å²) in [5.74, 6) is -0.915. The summed E-state index contributed by atoms with van der Waals surface area (Å²) < 4.78 is 1.98. The largest absolute Gasteiger partial charge is 0.478 e. The van der Waals surface area contributed by atoms with E-state index in [1.54, 1.807) is 12.1 Å². The molecule has 0 unspecified atom stereocenters. The van der Waals surface area contributed by atoms with Crippen molar-refractivity contribution in [1.82, 2.24) is 4.57 Å². The first-order chi connectivity index (χ1) is 10.5. The molecule has 1 N–H and O–H groups in total. The van der Waals surface area contributed by atoms with Gasteiger partial charge in [0, 0.05) is 23.1 Å². The second kappa shape index (κ2) is 5.67. The van der Waals surface area contributed by atoms with Crippen molar-refractivity contribution in [1.29, 1.82) is 0 Å². The van der Waals surface area contributed by atoms with Crippen LogP contribution in [0.4, 0.5) is 0 Å². The molecule has 3 nitrogen and oxygen atoms in total. The van der Waals surface area contributed by atoms with Gasteiger partial charge in [-0.3, -0.25) is 0 Å². The minimum absolute atomic E-state index is 0.343. The Bertz CT molecular complexity index is 884. The first-order valence-corrected chi connectivity index (χ1v) is 7.49. The number of fused-ring (bicyclic) bond motifs is 1. The lowest BCUT2D eigenvalue weighted by Crippen LogP contribution is -2.04. The molecule has 22 heavy (non-hydrogen) atoms. The van der Waals surface area contributed by atoms with Crippen LogP contribution in [0, 0.1) is 6.92 Å². The van der Waals surface area contributed by atoms with Crippen LogP contribution in [0.5, 0.6) is 0 Å². The summed E-state index contributed by atoms with van der Waals surface area (Å²) in [5, 5.41) is 11.2. The highest BCUT2D eigenvalue weighted by molar-refractivity contribution is 6.42. The summed E-state index contributed by atoms with van der Waals surface area (Å²) in [7, 11) is 0. The number of aromatic nitrogens is 1. The highest BCUT2D eigenvalue weighted by Crippen LogP contribution is 2.28. The molecule has 0 saturated carbocycles. The number of carboxylic acids is 1. The number of hydrogen-bond acceptors (Lipinski definition) is 1. The molecule has 0 bridgehead atoms. The van der Waals surface area contributed by atoms with Crippen LogP contribution in [-0.4, -0.2) is 15.6 Å². The predicted molar refractivity (Wildman–Crippen MR) is 89.2 cm³/mol. The quantitative estimate of drug-likeness (QED) is 0.732. The van der Waals surface area contributed by atoms with Crippen molar-refractivity contribution in [2.45, 2.75) is 13.5 Å². The summed E-state index contributed by atoms with van der Waals surface area (Å²) >= 11 is 12.0. The van der Waals surface area contributed by atoms with Crippen molar-refractivity contribution in [2.75, 3.05) is 0 Å². The monoisotopic (exact) mass is 333 g/mol. The van der Waals surface area contributed by atoms with Crippen molar-refractivity contribution in [3.63, 3.8) is 0 Å². The Hall–Kier alpha value is -1.97. The van der Waals surface area contributed by atoms with Crippen LogP contribution < -0.4 is 0 Å². The van der Waals surface area contributed by atoms with Gasteiger partial charge in [-0.05, 0) is 30.7 Å². The van der Waals surface area contributed by atoms with Gasteiger partial charge in [0.05, 0.1) is 15.6 Å². The average molecular weight is 334 g/mol. The van der Waals surface area contributed by atoms with Crippen molar-refractivity contribution in [3.05, 3.63) is 69.3 Å². The lowest BCUT2D eigenvalue weighted by molar-refractivity contribution is 0.0698. The van der Waals surface area contributed by atoms with Crippen LogP contribution in [0.2, 0.25) is 10.0 Å². The lowest BCUT2D eigenvalue weighted by Gasteiger charge is -2.09. The molecule has 112 valence electrons. The van der Waals surface area contributed by atoms with Crippen molar-refractivity contribution in [3.8, 4) is 0 Å². The van der Waals surface area contributed by atoms with Crippen molar-refractivity contribution < 1.29 is 9.90 Å². The number of benzene rings is 2. The van der Waals surface area contributed by atoms with Gasteiger partial charge in [-0.25, -0.2) is 4.79 Å². The second-order valence-electron chi connectivity index (χ2n) is 5.12. The zero-order valence-electron chi connectivity index (χ0n) is 11.8. The summed E-state index contributed by atoms with van der Waals surface area (Å²) in [6.07, 6.45) is 0. The SMILES string of the molecule is Cc1c(C(=O)O)c2ccccc2n1Cc1ccc(Cl)c(Cl)c1. The van der Waals surface area contributed by atoms with E-state index in [0.29, 0.717) is 22.2 Å². The molecule has 0 amide bonds. The maximum Gasteiger partial charge on any atom is 0.338 e. The fraction of sp³-hybridized carbons (Fsp3) is 0.118. The van der Waals surface area contributed by atoms with Gasteiger partial charge in [0.2, 0.25) is 0 Å². The molecule has 2 aromatic carbocycles. The van der Waals surface area contributed by atoms with E-state index in [-0.39, 0.29) is 0 Å². The molecule has 0 aliphatic carbocycles. The fourth-order valence-corrected chi connectivity index (χ4v) is 3.05. The van der Waals surface area contributed by atoms with E-state index >= 15 is 0 Å². The zero-order chi connectivity index (χ0) is 15.9. The molecular formula is C17H13Cl2NO2. The number of hydrogen-bond donors (Lipinski definition) is 1. The summed E-state index contributed by atoms with van der Waals surface area (Å²) in [6, 6.07) is 12.9. The van der Waals surface area contributed by atoms with Gasteiger partial charge < -0.3 is 9.67 Å². The Morgan fingerprint density at radius 3 is 2.55 bits per heavy atom. The number of carbonyl (C=O) groups is 1. The number of halogens is 2. The second-order valence-corrected chi connectivity index (χ2v) is 5.93. The van der Waals surface area contributed by atoms with E-state index < -0.39 is 5.97 Å². The molecular weight excluding hydrogens is 321 g/mol. The summed E-state index contributed by atoms with van der Waals surface area (Å²) in [4.78, 5) is 11.5. The molecule has 0 saturated heterocycles. The van der Waals surface area contributed by atoms with E-state index in [1.165, 1.54) is 0 Å². The van der Waals surface area contributed by atoms with Crippen molar-refractivity contribution >= 4 is 40.1 Å². The highest BCUT2D eigenvalue weighted by atomic mass is 35.5. The van der Waals surface area contributed by atoms with Crippen LogP contribution in [0.1, 0.15) is 21.6 Å². The van der Waals surface area contributed by atoms with Gasteiger partial charge in [-0.15, -0.1) is 0 Å². The number of carboxylic acid groups (broad SMARTS) is 1. The first-order valence-electron chi connectivity index (χ1n) is 6.74. The number of aromatic carboxylic acids is 1. The van der Waals surface area contributed by atoms with Gasteiger partial charge in [0.15, 0.2) is 0 Å². The molecule has 3 rings (SSSR count). The topological polar surface area (TPSA) is 42.2 Å². The van der Waals surface area contributed by atoms with Crippen LogP contribution in [0.25, 0.3) is 10.9 Å².